The van der Waals surface area contributed by atoms with Gasteiger partial charge >= 0.3 is 12.1 Å². The molecule has 1 heterocycles. The van der Waals surface area contributed by atoms with E-state index in [2.05, 4.69) is 27.9 Å². The van der Waals surface area contributed by atoms with Gasteiger partial charge in [0.25, 0.3) is 0 Å². The molecule has 1 aliphatic carbocycles. The zero-order valence-electron chi connectivity index (χ0n) is 18.9. The molecule has 0 bridgehead atoms. The van der Waals surface area contributed by atoms with E-state index < -0.39 is 24.0 Å². The van der Waals surface area contributed by atoms with Gasteiger partial charge in [0.15, 0.2) is 5.82 Å². The van der Waals surface area contributed by atoms with Crippen molar-refractivity contribution in [2.24, 2.45) is 7.05 Å². The van der Waals surface area contributed by atoms with E-state index in [0.717, 1.165) is 22.3 Å². The van der Waals surface area contributed by atoms with Crippen molar-refractivity contribution in [3.63, 3.8) is 0 Å². The standard InChI is InChI=1S/C25H26N4O5/c1-3-15(12-22(30)27-23-20(24(31)32)13-29(2)28-23)26-25(33)34-14-21-18-10-6-4-8-16(18)17-9-5-7-11-19(17)21/h4-11,13,15,21H,3,12,14H2,1-2H3,(H,26,33)(H,31,32)(H,27,28,30)/t15-/m1/s1. The van der Waals surface area contributed by atoms with Crippen molar-refractivity contribution in [2.45, 2.75) is 31.7 Å². The van der Waals surface area contributed by atoms with Gasteiger partial charge in [0.2, 0.25) is 5.91 Å². The van der Waals surface area contributed by atoms with Gasteiger partial charge in [-0.15, -0.1) is 0 Å². The maximum Gasteiger partial charge on any atom is 0.407 e. The van der Waals surface area contributed by atoms with Crippen LogP contribution in [0.15, 0.2) is 54.7 Å². The molecule has 0 spiro atoms. The molecule has 3 N–H and O–H groups in total. The summed E-state index contributed by atoms with van der Waals surface area (Å²) in [7, 11) is 1.57. The van der Waals surface area contributed by atoms with Crippen LogP contribution in [-0.4, -0.2) is 45.5 Å². The summed E-state index contributed by atoms with van der Waals surface area (Å²) < 4.78 is 6.86. The van der Waals surface area contributed by atoms with Gasteiger partial charge in [-0.05, 0) is 28.7 Å². The van der Waals surface area contributed by atoms with Crippen LogP contribution in [0.3, 0.4) is 0 Å². The minimum atomic E-state index is -1.19. The SMILES string of the molecule is CC[C@H](CC(=O)Nc1nn(C)cc1C(=O)O)NC(=O)OCC1c2ccccc2-c2ccccc21. The van der Waals surface area contributed by atoms with Gasteiger partial charge in [0.1, 0.15) is 12.2 Å². The Morgan fingerprint density at radius 2 is 1.71 bits per heavy atom. The maximum atomic E-state index is 12.5. The Morgan fingerprint density at radius 3 is 2.29 bits per heavy atom. The molecule has 0 saturated heterocycles. The summed E-state index contributed by atoms with van der Waals surface area (Å²) in [6, 6.07) is 15.7. The number of aryl methyl sites for hydroxylation is 1. The molecule has 1 aromatic heterocycles. The number of carbonyl (C=O) groups is 3. The van der Waals surface area contributed by atoms with Crippen LogP contribution in [0.25, 0.3) is 11.1 Å². The quantitative estimate of drug-likeness (QED) is 0.468. The average Bonchev–Trinajstić information content (AvgIpc) is 3.34. The number of ether oxygens (including phenoxy) is 1. The first-order chi connectivity index (χ1) is 16.4. The first-order valence-corrected chi connectivity index (χ1v) is 11.1. The van der Waals surface area contributed by atoms with E-state index in [1.807, 2.05) is 43.3 Å². The van der Waals surface area contributed by atoms with E-state index in [9.17, 15) is 19.5 Å². The topological polar surface area (TPSA) is 123 Å². The third-order valence-electron chi connectivity index (χ3n) is 5.91. The zero-order chi connectivity index (χ0) is 24.2. The summed E-state index contributed by atoms with van der Waals surface area (Å²) >= 11 is 0. The van der Waals surface area contributed by atoms with Gasteiger partial charge < -0.3 is 20.5 Å². The highest BCUT2D eigenvalue weighted by atomic mass is 16.5. The second-order valence-electron chi connectivity index (χ2n) is 8.20. The van der Waals surface area contributed by atoms with Gasteiger partial charge in [-0.25, -0.2) is 9.59 Å². The van der Waals surface area contributed by atoms with Crippen molar-refractivity contribution >= 4 is 23.8 Å². The smallest absolute Gasteiger partial charge is 0.407 e. The number of fused-ring (bicyclic) bond motifs is 3. The van der Waals surface area contributed by atoms with Crippen LogP contribution in [0.5, 0.6) is 0 Å². The van der Waals surface area contributed by atoms with Crippen LogP contribution in [0, 0.1) is 0 Å². The Balaban J connectivity index is 1.34. The maximum absolute atomic E-state index is 12.5. The molecule has 1 atom stereocenters. The van der Waals surface area contributed by atoms with E-state index in [1.165, 1.54) is 10.9 Å². The fraction of sp³-hybridized carbons (Fsp3) is 0.280. The lowest BCUT2D eigenvalue weighted by Gasteiger charge is -2.18. The normalized spacial score (nSPS) is 13.0. The number of aromatic nitrogens is 2. The second kappa shape index (κ2) is 9.78. The Labute approximate surface area is 196 Å². The van der Waals surface area contributed by atoms with Crippen molar-refractivity contribution in [1.82, 2.24) is 15.1 Å². The van der Waals surface area contributed by atoms with Gasteiger partial charge in [0, 0.05) is 31.6 Å². The highest BCUT2D eigenvalue weighted by Crippen LogP contribution is 2.44. The Morgan fingerprint density at radius 1 is 1.09 bits per heavy atom. The van der Waals surface area contributed by atoms with E-state index in [-0.39, 0.29) is 30.3 Å². The van der Waals surface area contributed by atoms with E-state index in [4.69, 9.17) is 4.74 Å². The summed E-state index contributed by atoms with van der Waals surface area (Å²) in [6.45, 7) is 2.02. The molecule has 0 saturated carbocycles. The number of nitrogens with one attached hydrogen (secondary N) is 2. The lowest BCUT2D eigenvalue weighted by atomic mass is 9.98. The van der Waals surface area contributed by atoms with Gasteiger partial charge in [-0.2, -0.15) is 5.10 Å². The molecular formula is C25H26N4O5. The lowest BCUT2D eigenvalue weighted by Crippen LogP contribution is -2.38. The van der Waals surface area contributed by atoms with Crippen molar-refractivity contribution in [3.05, 3.63) is 71.4 Å². The van der Waals surface area contributed by atoms with E-state index in [0.29, 0.717) is 6.42 Å². The number of benzene rings is 2. The molecule has 0 fully saturated rings. The molecule has 3 aromatic rings. The zero-order valence-corrected chi connectivity index (χ0v) is 18.9. The molecule has 0 radical (unpaired) electrons. The van der Waals surface area contributed by atoms with Crippen molar-refractivity contribution in [2.75, 3.05) is 11.9 Å². The summed E-state index contributed by atoms with van der Waals surface area (Å²) in [4.78, 5) is 36.3. The number of alkyl carbamates (subject to hydrolysis) is 1. The number of aromatic carboxylic acids is 1. The molecule has 9 nitrogen and oxygen atoms in total. The van der Waals surface area contributed by atoms with Gasteiger partial charge in [0.05, 0.1) is 0 Å². The Hall–Kier alpha value is -4.14. The molecule has 1 aliphatic rings. The molecule has 9 heteroatoms. The van der Waals surface area contributed by atoms with Crippen molar-refractivity contribution < 1.29 is 24.2 Å². The van der Waals surface area contributed by atoms with Crippen molar-refractivity contribution in [1.29, 1.82) is 0 Å². The van der Waals surface area contributed by atoms with E-state index in [1.54, 1.807) is 7.05 Å². The highest BCUT2D eigenvalue weighted by molar-refractivity contribution is 5.99. The largest absolute Gasteiger partial charge is 0.477 e. The predicted molar refractivity (Wildman–Crippen MR) is 126 cm³/mol. The molecule has 0 aliphatic heterocycles. The Kier molecular flexibility index (Phi) is 6.62. The number of rotatable bonds is 8. The van der Waals surface area contributed by atoms with Gasteiger partial charge in [-0.3, -0.25) is 9.48 Å². The molecular weight excluding hydrogens is 436 g/mol. The summed E-state index contributed by atoms with van der Waals surface area (Å²) in [5.41, 5.74) is 4.42. The van der Waals surface area contributed by atoms with Crippen LogP contribution < -0.4 is 10.6 Å². The third-order valence-corrected chi connectivity index (χ3v) is 5.91. The number of amides is 2. The number of hydrogen-bond acceptors (Lipinski definition) is 5. The second-order valence-corrected chi connectivity index (χ2v) is 8.20. The first kappa shape index (κ1) is 23.0. The first-order valence-electron chi connectivity index (χ1n) is 11.1. The van der Waals surface area contributed by atoms with E-state index >= 15 is 0 Å². The number of hydrogen-bond donors (Lipinski definition) is 3. The summed E-state index contributed by atoms with van der Waals surface area (Å²) in [5.74, 6) is -1.73. The van der Waals surface area contributed by atoms with Crippen LogP contribution in [0.1, 0.15) is 47.2 Å². The summed E-state index contributed by atoms with van der Waals surface area (Å²) in [6.07, 6.45) is 1.15. The number of anilines is 1. The minimum absolute atomic E-state index is 0.0315. The number of nitrogens with zero attached hydrogens (tertiary/aromatic N) is 2. The third kappa shape index (κ3) is 4.78. The highest BCUT2D eigenvalue weighted by Gasteiger charge is 2.29. The molecule has 2 amide bonds. The van der Waals surface area contributed by atoms with Crippen LogP contribution in [0.4, 0.5) is 10.6 Å². The molecule has 4 rings (SSSR count). The van der Waals surface area contributed by atoms with Crippen LogP contribution >= 0.6 is 0 Å². The van der Waals surface area contributed by atoms with Crippen LogP contribution in [-0.2, 0) is 16.6 Å². The van der Waals surface area contributed by atoms with Gasteiger partial charge in [-0.1, -0.05) is 55.5 Å². The summed E-state index contributed by atoms with van der Waals surface area (Å²) in [5, 5.41) is 18.4. The fourth-order valence-corrected chi connectivity index (χ4v) is 4.25. The number of carboxylic acid groups (broad SMARTS) is 1. The molecule has 2 aromatic carbocycles. The lowest BCUT2D eigenvalue weighted by molar-refractivity contribution is -0.116. The van der Waals surface area contributed by atoms with Crippen LogP contribution in [0.2, 0.25) is 0 Å². The number of carbonyl (C=O) groups excluding carboxylic acids is 2. The van der Waals surface area contributed by atoms with Crippen molar-refractivity contribution in [3.8, 4) is 11.1 Å². The minimum Gasteiger partial charge on any atom is -0.477 e. The molecule has 0 unspecified atom stereocenters. The fourth-order valence-electron chi connectivity index (χ4n) is 4.25. The number of carboxylic acids is 1. The Bertz CT molecular complexity index is 1190. The predicted octanol–water partition coefficient (Wildman–Crippen LogP) is 3.76. The average molecular weight is 463 g/mol. The molecule has 34 heavy (non-hydrogen) atoms. The monoisotopic (exact) mass is 462 g/mol. The molecule has 176 valence electrons.